The van der Waals surface area contributed by atoms with E-state index in [1.807, 2.05) is 52.8 Å². The van der Waals surface area contributed by atoms with Crippen molar-refractivity contribution in [3.05, 3.63) is 63.1 Å². The van der Waals surface area contributed by atoms with Gasteiger partial charge in [-0.1, -0.05) is 62.2 Å². The van der Waals surface area contributed by atoms with Gasteiger partial charge in [-0.25, -0.2) is 8.42 Å². The van der Waals surface area contributed by atoms with Gasteiger partial charge in [-0.3, -0.25) is 13.9 Å². The Kier molecular flexibility index (Phi) is 11.9. The molecule has 210 valence electrons. The van der Waals surface area contributed by atoms with Crippen molar-refractivity contribution in [2.75, 3.05) is 23.7 Å². The lowest BCUT2D eigenvalue weighted by molar-refractivity contribution is -0.141. The van der Waals surface area contributed by atoms with Crippen molar-refractivity contribution in [3.63, 3.8) is 0 Å². The van der Waals surface area contributed by atoms with Crippen LogP contribution in [-0.4, -0.2) is 50.5 Å². The standard InChI is InChI=1S/C28H39Cl2N3O4S/c1-7-25(28(35)31-17-19(2)3)32(18-22-12-13-23(29)24(30)16-22)27(34)9-8-14-33(38(6,36)37)26-15-20(4)10-11-21(26)5/h10-13,15-16,19,25H,7-9,14,17-18H2,1-6H3,(H,31,35)/t25-/m0/s1. The Balaban J connectivity index is 2.27. The number of amides is 2. The highest BCUT2D eigenvalue weighted by Gasteiger charge is 2.29. The Labute approximate surface area is 237 Å². The van der Waals surface area contributed by atoms with Crippen molar-refractivity contribution in [1.82, 2.24) is 10.2 Å². The van der Waals surface area contributed by atoms with Gasteiger partial charge in [-0.15, -0.1) is 0 Å². The molecule has 0 saturated carbocycles. The lowest BCUT2D eigenvalue weighted by Crippen LogP contribution is -2.49. The van der Waals surface area contributed by atoms with E-state index in [4.69, 9.17) is 23.2 Å². The van der Waals surface area contributed by atoms with Crippen LogP contribution in [0.15, 0.2) is 36.4 Å². The molecule has 7 nitrogen and oxygen atoms in total. The van der Waals surface area contributed by atoms with E-state index in [1.165, 1.54) is 10.6 Å². The maximum Gasteiger partial charge on any atom is 0.242 e. The molecule has 2 rings (SSSR count). The van der Waals surface area contributed by atoms with Gasteiger partial charge in [0.15, 0.2) is 0 Å². The SMILES string of the molecule is CC[C@@H](C(=O)NCC(C)C)N(Cc1ccc(Cl)c(Cl)c1)C(=O)CCCN(c1cc(C)ccc1C)S(C)(=O)=O. The Morgan fingerprint density at radius 3 is 2.29 bits per heavy atom. The van der Waals surface area contributed by atoms with Gasteiger partial charge in [0.2, 0.25) is 21.8 Å². The number of carbonyl (C=O) groups excluding carboxylic acids is 2. The summed E-state index contributed by atoms with van der Waals surface area (Å²) in [5.74, 6) is -0.192. The van der Waals surface area contributed by atoms with Crippen LogP contribution in [-0.2, 0) is 26.2 Å². The van der Waals surface area contributed by atoms with Gasteiger partial charge < -0.3 is 10.2 Å². The summed E-state index contributed by atoms with van der Waals surface area (Å²) >= 11 is 12.3. The van der Waals surface area contributed by atoms with E-state index >= 15 is 0 Å². The van der Waals surface area contributed by atoms with E-state index in [2.05, 4.69) is 5.32 Å². The largest absolute Gasteiger partial charge is 0.354 e. The van der Waals surface area contributed by atoms with E-state index in [0.717, 1.165) is 16.7 Å². The molecule has 0 aliphatic carbocycles. The zero-order valence-electron chi connectivity index (χ0n) is 23.1. The number of benzene rings is 2. The van der Waals surface area contributed by atoms with Crippen LogP contribution >= 0.6 is 23.2 Å². The molecule has 0 spiro atoms. The Morgan fingerprint density at radius 2 is 1.71 bits per heavy atom. The second-order valence-electron chi connectivity index (χ2n) is 10.1. The number of anilines is 1. The minimum atomic E-state index is -3.57. The molecule has 0 aliphatic heterocycles. The van der Waals surface area contributed by atoms with Crippen LogP contribution in [0.1, 0.15) is 56.7 Å². The molecule has 1 N–H and O–H groups in total. The molecular formula is C28H39Cl2N3O4S. The summed E-state index contributed by atoms with van der Waals surface area (Å²) in [6.07, 6.45) is 1.96. The van der Waals surface area contributed by atoms with E-state index < -0.39 is 16.1 Å². The lowest BCUT2D eigenvalue weighted by atomic mass is 10.1. The number of halogens is 2. The summed E-state index contributed by atoms with van der Waals surface area (Å²) in [4.78, 5) is 28.2. The van der Waals surface area contributed by atoms with Crippen LogP contribution in [0.3, 0.4) is 0 Å². The highest BCUT2D eigenvalue weighted by Crippen LogP contribution is 2.26. The number of hydrogen-bond acceptors (Lipinski definition) is 4. The van der Waals surface area contributed by atoms with E-state index in [0.29, 0.717) is 35.1 Å². The molecule has 0 unspecified atom stereocenters. The monoisotopic (exact) mass is 583 g/mol. The van der Waals surface area contributed by atoms with Crippen LogP contribution in [0.2, 0.25) is 10.0 Å². The van der Waals surface area contributed by atoms with E-state index in [1.54, 1.807) is 23.1 Å². The van der Waals surface area contributed by atoms with Crippen LogP contribution < -0.4 is 9.62 Å². The first-order valence-corrected chi connectivity index (χ1v) is 15.4. The normalized spacial score (nSPS) is 12.3. The summed E-state index contributed by atoms with van der Waals surface area (Å²) in [6.45, 7) is 10.5. The maximum absolute atomic E-state index is 13.6. The molecule has 10 heteroatoms. The maximum atomic E-state index is 13.6. The van der Waals surface area contributed by atoms with Crippen molar-refractivity contribution >= 4 is 50.7 Å². The van der Waals surface area contributed by atoms with E-state index in [9.17, 15) is 18.0 Å². The van der Waals surface area contributed by atoms with Crippen molar-refractivity contribution in [2.24, 2.45) is 5.92 Å². The zero-order valence-corrected chi connectivity index (χ0v) is 25.4. The lowest BCUT2D eigenvalue weighted by Gasteiger charge is -2.31. The molecule has 2 aromatic rings. The molecular weight excluding hydrogens is 545 g/mol. The Hall–Kier alpha value is -2.29. The van der Waals surface area contributed by atoms with Crippen molar-refractivity contribution < 1.29 is 18.0 Å². The molecule has 0 bridgehead atoms. The van der Waals surface area contributed by atoms with Crippen LogP contribution in [0.25, 0.3) is 0 Å². The average molecular weight is 585 g/mol. The minimum absolute atomic E-state index is 0.0756. The fourth-order valence-electron chi connectivity index (χ4n) is 4.15. The first-order valence-electron chi connectivity index (χ1n) is 12.8. The Bertz CT molecular complexity index is 1230. The number of nitrogens with zero attached hydrogens (tertiary/aromatic N) is 2. The van der Waals surface area contributed by atoms with Gasteiger partial charge in [-0.2, -0.15) is 0 Å². The summed E-state index contributed by atoms with van der Waals surface area (Å²) in [7, 11) is -3.57. The van der Waals surface area contributed by atoms with Gasteiger partial charge in [0.1, 0.15) is 6.04 Å². The molecule has 0 fully saturated rings. The predicted molar refractivity (Wildman–Crippen MR) is 156 cm³/mol. The number of sulfonamides is 1. The third-order valence-electron chi connectivity index (χ3n) is 6.19. The Morgan fingerprint density at radius 1 is 1.03 bits per heavy atom. The number of carbonyl (C=O) groups is 2. The first kappa shape index (κ1) is 31.9. The van der Waals surface area contributed by atoms with Gasteiger partial charge in [0.05, 0.1) is 22.0 Å². The molecule has 0 radical (unpaired) electrons. The summed E-state index contributed by atoms with van der Waals surface area (Å²) in [5, 5.41) is 3.71. The van der Waals surface area contributed by atoms with Gasteiger partial charge >= 0.3 is 0 Å². The molecule has 0 heterocycles. The number of rotatable bonds is 13. The minimum Gasteiger partial charge on any atom is -0.354 e. The van der Waals surface area contributed by atoms with Crippen molar-refractivity contribution in [1.29, 1.82) is 0 Å². The third kappa shape index (κ3) is 9.17. The number of hydrogen-bond donors (Lipinski definition) is 1. The molecule has 0 aliphatic rings. The smallest absolute Gasteiger partial charge is 0.242 e. The number of nitrogens with one attached hydrogen (secondary N) is 1. The second kappa shape index (κ2) is 14.2. The highest BCUT2D eigenvalue weighted by molar-refractivity contribution is 7.92. The second-order valence-corrected chi connectivity index (χ2v) is 12.8. The summed E-state index contributed by atoms with van der Waals surface area (Å²) in [6, 6.07) is 10.1. The average Bonchev–Trinajstić information content (AvgIpc) is 2.83. The zero-order chi connectivity index (χ0) is 28.6. The van der Waals surface area contributed by atoms with Gasteiger partial charge in [0.25, 0.3) is 0 Å². The van der Waals surface area contributed by atoms with Crippen LogP contribution in [0.4, 0.5) is 5.69 Å². The first-order chi connectivity index (χ1) is 17.7. The fourth-order valence-corrected chi connectivity index (χ4v) is 5.48. The molecule has 0 saturated heterocycles. The molecule has 2 amide bonds. The van der Waals surface area contributed by atoms with Crippen molar-refractivity contribution in [2.45, 2.75) is 66.5 Å². The van der Waals surface area contributed by atoms with E-state index in [-0.39, 0.29) is 37.2 Å². The predicted octanol–water partition coefficient (Wildman–Crippen LogP) is 5.74. The van der Waals surface area contributed by atoms with Crippen LogP contribution in [0.5, 0.6) is 0 Å². The fraction of sp³-hybridized carbons (Fsp3) is 0.500. The topological polar surface area (TPSA) is 86.8 Å². The molecule has 2 aromatic carbocycles. The molecule has 1 atom stereocenters. The van der Waals surface area contributed by atoms with Crippen LogP contribution in [0, 0.1) is 19.8 Å². The van der Waals surface area contributed by atoms with Gasteiger partial charge in [0, 0.05) is 26.1 Å². The molecule has 38 heavy (non-hydrogen) atoms. The molecule has 0 aromatic heterocycles. The quantitative estimate of drug-likeness (QED) is 0.326. The highest BCUT2D eigenvalue weighted by atomic mass is 35.5. The van der Waals surface area contributed by atoms with Crippen molar-refractivity contribution in [3.8, 4) is 0 Å². The third-order valence-corrected chi connectivity index (χ3v) is 8.11. The summed E-state index contributed by atoms with van der Waals surface area (Å²) < 4.78 is 26.6. The number of aryl methyl sites for hydroxylation is 2. The summed E-state index contributed by atoms with van der Waals surface area (Å²) in [5.41, 5.74) is 3.13. The van der Waals surface area contributed by atoms with Gasteiger partial charge in [-0.05, 0) is 67.5 Å².